The lowest BCUT2D eigenvalue weighted by molar-refractivity contribution is -0.387. The van der Waals surface area contributed by atoms with Crippen LogP contribution in [-0.4, -0.2) is 52.9 Å². The molecule has 11 heteroatoms. The van der Waals surface area contributed by atoms with Gasteiger partial charge in [0.05, 0.1) is 11.0 Å². The van der Waals surface area contributed by atoms with E-state index in [1.54, 1.807) is 13.8 Å². The van der Waals surface area contributed by atoms with Crippen LogP contribution in [-0.2, 0) is 0 Å². The molecule has 0 saturated heterocycles. The summed E-state index contributed by atoms with van der Waals surface area (Å²) in [4.78, 5) is 19.0. The average Bonchev–Trinajstić information content (AvgIpc) is 2.90. The van der Waals surface area contributed by atoms with Gasteiger partial charge in [-0.2, -0.15) is 14.1 Å². The van der Waals surface area contributed by atoms with Gasteiger partial charge < -0.3 is 15.0 Å². The maximum atomic E-state index is 11.4. The van der Waals surface area contributed by atoms with Crippen molar-refractivity contribution in [3.8, 4) is 5.88 Å². The van der Waals surface area contributed by atoms with Crippen molar-refractivity contribution >= 4 is 33.5 Å². The van der Waals surface area contributed by atoms with E-state index in [0.29, 0.717) is 18.9 Å². The molecule has 2 N–H and O–H groups in total. The molecule has 1 aromatic rings. The molecule has 158 valence electrons. The summed E-state index contributed by atoms with van der Waals surface area (Å²) in [6, 6.07) is 0. The molecule has 0 spiro atoms. The van der Waals surface area contributed by atoms with Gasteiger partial charge >= 0.3 is 5.69 Å². The summed E-state index contributed by atoms with van der Waals surface area (Å²) in [5.41, 5.74) is 0.00489. The molecule has 1 aliphatic carbocycles. The zero-order chi connectivity index (χ0) is 22.8. The Labute approximate surface area is 177 Å². The SMILES string of the molecule is [2H]B(P)S.[3H]OCCC[C@H]1C[C@H](CCC)[C@@H](Oc2nc(C)nc(C)c2[N+](=O)[O-])[C@H]1O. The van der Waals surface area contributed by atoms with Crippen LogP contribution in [0.25, 0.3) is 0 Å². The van der Waals surface area contributed by atoms with Gasteiger partial charge in [0.25, 0.3) is 5.88 Å². The van der Waals surface area contributed by atoms with Crippen molar-refractivity contribution in [1.82, 2.24) is 9.97 Å². The largest absolute Gasteiger partial charge is 0.466 e. The Morgan fingerprint density at radius 2 is 2.18 bits per heavy atom. The molecule has 1 fully saturated rings. The highest BCUT2D eigenvalue weighted by molar-refractivity contribution is 8.20. The first-order valence-electron chi connectivity index (χ1n) is 10.4. The standard InChI is InChI=1S/C17H27N3O5.BH4PS/c1-4-6-13-9-12(7-5-8-21)15(22)16(13)25-17-14(20(23)24)10(2)18-11(3)19-17;2-1-3/h12-13,15-16,21-22H,4-9H2,1-3H3;1,3H,2H2/t12-,13-,15-,16+;/m0./s1/i21T;1D. The Bertz CT molecular complexity index is 692. The van der Waals surface area contributed by atoms with E-state index in [4.69, 9.17) is 7.50 Å². The fourth-order valence-electron chi connectivity index (χ4n) is 3.76. The number of nitro groups is 1. The van der Waals surface area contributed by atoms with Crippen molar-refractivity contribution < 1.29 is 19.9 Å². The van der Waals surface area contributed by atoms with E-state index in [1.165, 1.54) is 0 Å². The third kappa shape index (κ3) is 6.83. The predicted molar refractivity (Wildman–Crippen MR) is 117 cm³/mol. The minimum absolute atomic E-state index is 0.0230. The number of aromatic nitrogens is 2. The van der Waals surface area contributed by atoms with Crippen molar-refractivity contribution in [3.05, 3.63) is 21.6 Å². The molecular formula is C17H31BN3O5PS. The van der Waals surface area contributed by atoms with E-state index in [1.807, 2.05) is 0 Å². The van der Waals surface area contributed by atoms with Crippen molar-refractivity contribution in [1.29, 1.82) is 2.77 Å². The highest BCUT2D eigenvalue weighted by Crippen LogP contribution is 2.40. The first kappa shape index (κ1) is 21.7. The highest BCUT2D eigenvalue weighted by Gasteiger charge is 2.44. The summed E-state index contributed by atoms with van der Waals surface area (Å²) in [7, 11) is 2.19. The molecule has 0 amide bonds. The second kappa shape index (κ2) is 12.6. The van der Waals surface area contributed by atoms with E-state index < -0.39 is 17.1 Å². The van der Waals surface area contributed by atoms with Crippen LogP contribution in [0.4, 0.5) is 5.69 Å². The number of nitrogens with zero attached hydrogens (tertiary/aromatic N) is 3. The Morgan fingerprint density at radius 3 is 2.75 bits per heavy atom. The number of hydrogen-bond acceptors (Lipinski definition) is 8. The summed E-state index contributed by atoms with van der Waals surface area (Å²) >= 11 is 3.60. The number of thiol groups is 1. The lowest BCUT2D eigenvalue weighted by Gasteiger charge is -2.23. The Balaban J connectivity index is 0.00000103. The molecule has 1 heterocycles. The Morgan fingerprint density at radius 1 is 1.50 bits per heavy atom. The van der Waals surface area contributed by atoms with Crippen LogP contribution < -0.4 is 4.74 Å². The summed E-state index contributed by atoms with van der Waals surface area (Å²) in [5.74, 6) is 0.453. The third-order valence-corrected chi connectivity index (χ3v) is 4.84. The van der Waals surface area contributed by atoms with E-state index in [2.05, 4.69) is 43.6 Å². The summed E-state index contributed by atoms with van der Waals surface area (Å²) < 4.78 is 19.1. The van der Waals surface area contributed by atoms with Crippen molar-refractivity contribution in [2.75, 3.05) is 6.61 Å². The van der Waals surface area contributed by atoms with Gasteiger partial charge in [-0.3, -0.25) is 10.1 Å². The molecule has 5 atom stereocenters. The normalized spacial score (nSPS) is 24.6. The van der Waals surface area contributed by atoms with Gasteiger partial charge in [-0.1, -0.05) is 13.3 Å². The summed E-state index contributed by atoms with van der Waals surface area (Å²) in [6.07, 6.45) is 2.42. The van der Waals surface area contributed by atoms with Crippen LogP contribution in [0.5, 0.6) is 5.88 Å². The van der Waals surface area contributed by atoms with E-state index >= 15 is 0 Å². The second-order valence-electron chi connectivity index (χ2n) is 6.88. The summed E-state index contributed by atoms with van der Waals surface area (Å²) in [6.45, 7) is 5.59. The third-order valence-electron chi connectivity index (χ3n) is 4.84. The van der Waals surface area contributed by atoms with Crippen LogP contribution in [0.1, 0.15) is 50.5 Å². The molecular weight excluding hydrogens is 400 g/mol. The average molecular weight is 434 g/mol. The fraction of sp³-hybridized carbons (Fsp3) is 0.765. The lowest BCUT2D eigenvalue weighted by Crippen LogP contribution is -2.34. The minimum Gasteiger partial charge on any atom is -0.466 e. The fourth-order valence-corrected chi connectivity index (χ4v) is 3.76. The molecule has 2 rings (SSSR count). The maximum absolute atomic E-state index is 11.4. The van der Waals surface area contributed by atoms with Crippen LogP contribution in [0.3, 0.4) is 0 Å². The van der Waals surface area contributed by atoms with Gasteiger partial charge in [0.2, 0.25) is 7.67 Å². The zero-order valence-electron chi connectivity index (χ0n) is 18.6. The van der Waals surface area contributed by atoms with E-state index in [0.717, 1.165) is 25.7 Å². The molecule has 0 bridgehead atoms. The topological polar surface area (TPSA) is 119 Å². The van der Waals surface area contributed by atoms with Gasteiger partial charge in [0, 0.05) is 6.61 Å². The minimum atomic E-state index is -0.729. The monoisotopic (exact) mass is 434 g/mol. The van der Waals surface area contributed by atoms with Crippen LogP contribution in [0.15, 0.2) is 0 Å². The van der Waals surface area contributed by atoms with Gasteiger partial charge in [-0.25, -0.2) is 17.5 Å². The van der Waals surface area contributed by atoms with Crippen molar-refractivity contribution in [2.45, 2.75) is 65.1 Å². The second-order valence-corrected chi connectivity index (χ2v) is 8.07. The molecule has 0 aliphatic heterocycles. The van der Waals surface area contributed by atoms with Gasteiger partial charge in [0.1, 0.15) is 17.6 Å². The Kier molecular flexibility index (Phi) is 9.77. The van der Waals surface area contributed by atoms with Crippen LogP contribution >= 0.6 is 21.6 Å². The van der Waals surface area contributed by atoms with Crippen LogP contribution in [0, 0.1) is 35.8 Å². The number of hydrogen-bond donors (Lipinski definition) is 3. The summed E-state index contributed by atoms with van der Waals surface area (Å²) in [5, 5.41) is 26.5. The quantitative estimate of drug-likeness (QED) is 0.136. The lowest BCUT2D eigenvalue weighted by atomic mass is 9.97. The van der Waals surface area contributed by atoms with Crippen molar-refractivity contribution in [2.24, 2.45) is 11.8 Å². The first-order chi connectivity index (χ1) is 14.1. The molecule has 1 aliphatic rings. The number of aliphatic hydroxyl groups is 2. The number of ether oxygens (including phenoxy) is 1. The van der Waals surface area contributed by atoms with Crippen LogP contribution in [0.2, 0.25) is 0 Å². The highest BCUT2D eigenvalue weighted by atomic mass is 32.1. The molecule has 0 aromatic carbocycles. The zero-order valence-corrected chi connectivity index (χ0v) is 18.6. The van der Waals surface area contributed by atoms with Crippen molar-refractivity contribution in [3.63, 3.8) is 0 Å². The number of aryl methyl sites for hydroxylation is 2. The molecule has 8 nitrogen and oxygen atoms in total. The molecule has 28 heavy (non-hydrogen) atoms. The number of rotatable bonds is 9. The molecule has 1 unspecified atom stereocenters. The Hall–Kier alpha value is -0.955. The first-order valence-corrected chi connectivity index (χ1v) is 10.6. The molecule has 1 saturated carbocycles. The molecule has 0 radical (unpaired) electrons. The van der Waals surface area contributed by atoms with Gasteiger partial charge in [-0.15, -0.1) is 0 Å². The predicted octanol–water partition coefficient (Wildman–Crippen LogP) is 2.38. The maximum Gasteiger partial charge on any atom is 0.351 e. The molecule has 1 aromatic heterocycles. The van der Waals surface area contributed by atoms with Gasteiger partial charge in [0.15, 0.2) is 0 Å². The van der Waals surface area contributed by atoms with E-state index in [-0.39, 0.29) is 35.3 Å². The van der Waals surface area contributed by atoms with E-state index in [9.17, 15) is 15.2 Å². The smallest absolute Gasteiger partial charge is 0.351 e. The number of aliphatic hydroxyl groups excluding tert-OH is 2. The van der Waals surface area contributed by atoms with Gasteiger partial charge in [-0.05, 0) is 52.7 Å².